The van der Waals surface area contributed by atoms with E-state index in [9.17, 15) is 9.59 Å². The average molecular weight is 364 g/mol. The number of aryl methyl sites for hydroxylation is 1. The fourth-order valence-electron chi connectivity index (χ4n) is 2.88. The van der Waals surface area contributed by atoms with Crippen LogP contribution in [0.2, 0.25) is 0 Å². The fourth-order valence-corrected chi connectivity index (χ4v) is 4.22. The Balaban J connectivity index is 1.41. The van der Waals surface area contributed by atoms with Crippen LogP contribution in [0, 0.1) is 12.8 Å². The minimum Gasteiger partial charge on any atom is -0.355 e. The van der Waals surface area contributed by atoms with Crippen molar-refractivity contribution in [2.75, 3.05) is 19.6 Å². The van der Waals surface area contributed by atoms with Crippen molar-refractivity contribution in [3.05, 3.63) is 38.5 Å². The number of amides is 2. The van der Waals surface area contributed by atoms with E-state index in [0.717, 1.165) is 34.8 Å². The van der Waals surface area contributed by atoms with Gasteiger partial charge in [0.1, 0.15) is 0 Å². The number of carbonyl (C=O) groups excluding carboxylic acids is 2. The molecule has 2 aromatic heterocycles. The molecule has 24 heavy (non-hydrogen) atoms. The molecule has 7 heteroatoms. The molecule has 0 bridgehead atoms. The molecular formula is C17H21N3O2S2. The molecule has 1 N–H and O–H groups in total. The predicted molar refractivity (Wildman–Crippen MR) is 96.5 cm³/mol. The van der Waals surface area contributed by atoms with Gasteiger partial charge in [0.15, 0.2) is 0 Å². The summed E-state index contributed by atoms with van der Waals surface area (Å²) in [4.78, 5) is 31.6. The van der Waals surface area contributed by atoms with Crippen LogP contribution in [0.5, 0.6) is 0 Å². The van der Waals surface area contributed by atoms with Gasteiger partial charge in [-0.05, 0) is 31.2 Å². The van der Waals surface area contributed by atoms with Crippen LogP contribution in [-0.4, -0.2) is 41.3 Å². The lowest BCUT2D eigenvalue weighted by Gasteiger charge is -2.31. The maximum atomic E-state index is 12.3. The largest absolute Gasteiger partial charge is 0.355 e. The van der Waals surface area contributed by atoms with Crippen LogP contribution < -0.4 is 5.32 Å². The molecule has 5 nitrogen and oxygen atoms in total. The standard InChI is InChI=1S/C17H21N3O2S2/c1-12-19-14(11-24-12)4-7-18-16(21)13-5-8-20(9-6-13)17(22)15-3-2-10-23-15/h2-3,10-11,13H,4-9H2,1H3,(H,18,21). The number of hydrogen-bond donors (Lipinski definition) is 1. The summed E-state index contributed by atoms with van der Waals surface area (Å²) in [6.45, 7) is 3.91. The van der Waals surface area contributed by atoms with E-state index in [2.05, 4.69) is 10.3 Å². The molecule has 1 aliphatic rings. The normalized spacial score (nSPS) is 15.5. The number of thiazole rings is 1. The predicted octanol–water partition coefficient (Wildman–Crippen LogP) is 2.72. The molecule has 0 unspecified atom stereocenters. The van der Waals surface area contributed by atoms with E-state index in [4.69, 9.17) is 0 Å². The van der Waals surface area contributed by atoms with Crippen molar-refractivity contribution in [2.24, 2.45) is 5.92 Å². The SMILES string of the molecule is Cc1nc(CCNC(=O)C2CCN(C(=O)c3cccs3)CC2)cs1. The number of nitrogens with zero attached hydrogens (tertiary/aromatic N) is 2. The summed E-state index contributed by atoms with van der Waals surface area (Å²) in [5.74, 6) is 0.197. The van der Waals surface area contributed by atoms with Crippen molar-refractivity contribution in [1.82, 2.24) is 15.2 Å². The second kappa shape index (κ2) is 7.90. The van der Waals surface area contributed by atoms with Gasteiger partial charge in [0, 0.05) is 37.4 Å². The smallest absolute Gasteiger partial charge is 0.263 e. The minimum atomic E-state index is 0.00885. The molecule has 0 atom stereocenters. The summed E-state index contributed by atoms with van der Waals surface area (Å²) in [6, 6.07) is 3.74. The van der Waals surface area contributed by atoms with Crippen molar-refractivity contribution < 1.29 is 9.59 Å². The lowest BCUT2D eigenvalue weighted by Crippen LogP contribution is -2.43. The van der Waals surface area contributed by atoms with Crippen molar-refractivity contribution in [2.45, 2.75) is 26.2 Å². The third-order valence-corrected chi connectivity index (χ3v) is 5.91. The van der Waals surface area contributed by atoms with Crippen LogP contribution in [0.25, 0.3) is 0 Å². The first-order valence-electron chi connectivity index (χ1n) is 8.15. The monoisotopic (exact) mass is 363 g/mol. The van der Waals surface area contributed by atoms with Crippen LogP contribution in [0.1, 0.15) is 33.2 Å². The van der Waals surface area contributed by atoms with Gasteiger partial charge >= 0.3 is 0 Å². The molecule has 0 aromatic carbocycles. The summed E-state index contributed by atoms with van der Waals surface area (Å²) in [6.07, 6.45) is 2.24. The second-order valence-corrected chi connectivity index (χ2v) is 7.95. The Morgan fingerprint density at radius 1 is 1.33 bits per heavy atom. The van der Waals surface area contributed by atoms with Gasteiger partial charge in [-0.2, -0.15) is 0 Å². The average Bonchev–Trinajstić information content (AvgIpc) is 3.26. The second-order valence-electron chi connectivity index (χ2n) is 5.94. The molecule has 1 saturated heterocycles. The van der Waals surface area contributed by atoms with Gasteiger partial charge in [0.25, 0.3) is 5.91 Å². The first-order chi connectivity index (χ1) is 11.6. The zero-order valence-electron chi connectivity index (χ0n) is 13.7. The van der Waals surface area contributed by atoms with Crippen molar-refractivity contribution >= 4 is 34.5 Å². The third kappa shape index (κ3) is 4.21. The third-order valence-electron chi connectivity index (χ3n) is 4.23. The molecule has 0 radical (unpaired) electrons. The molecule has 3 heterocycles. The lowest BCUT2D eigenvalue weighted by molar-refractivity contribution is -0.126. The molecule has 1 aliphatic heterocycles. The minimum absolute atomic E-state index is 0.00885. The van der Waals surface area contributed by atoms with Crippen molar-refractivity contribution in [3.8, 4) is 0 Å². The number of thiophene rings is 1. The maximum absolute atomic E-state index is 12.3. The maximum Gasteiger partial charge on any atom is 0.263 e. The van der Waals surface area contributed by atoms with Gasteiger partial charge in [-0.1, -0.05) is 6.07 Å². The topological polar surface area (TPSA) is 62.3 Å². The number of likely N-dealkylation sites (tertiary alicyclic amines) is 1. The molecule has 0 spiro atoms. The molecule has 128 valence electrons. The van der Waals surface area contributed by atoms with E-state index in [0.29, 0.717) is 19.6 Å². The van der Waals surface area contributed by atoms with Gasteiger partial charge in [-0.3, -0.25) is 9.59 Å². The summed E-state index contributed by atoms with van der Waals surface area (Å²) in [5, 5.41) is 8.01. The molecule has 2 amide bonds. The van der Waals surface area contributed by atoms with Crippen molar-refractivity contribution in [3.63, 3.8) is 0 Å². The zero-order valence-corrected chi connectivity index (χ0v) is 15.3. The van der Waals surface area contributed by atoms with E-state index in [1.165, 1.54) is 11.3 Å². The Morgan fingerprint density at radius 3 is 2.75 bits per heavy atom. The number of piperidine rings is 1. The van der Waals surface area contributed by atoms with Gasteiger partial charge in [-0.25, -0.2) is 4.98 Å². The molecule has 0 saturated carbocycles. The Labute approximate surface area is 149 Å². The van der Waals surface area contributed by atoms with Crippen LogP contribution in [0.4, 0.5) is 0 Å². The van der Waals surface area contributed by atoms with Gasteiger partial charge in [0.2, 0.25) is 5.91 Å². The summed E-state index contributed by atoms with van der Waals surface area (Å²) < 4.78 is 0. The first kappa shape index (κ1) is 17.1. The first-order valence-corrected chi connectivity index (χ1v) is 9.91. The van der Waals surface area contributed by atoms with E-state index in [1.54, 1.807) is 11.3 Å². The lowest BCUT2D eigenvalue weighted by atomic mass is 9.95. The highest BCUT2D eigenvalue weighted by atomic mass is 32.1. The quantitative estimate of drug-likeness (QED) is 0.888. The van der Waals surface area contributed by atoms with E-state index >= 15 is 0 Å². The molecule has 3 rings (SSSR count). The van der Waals surface area contributed by atoms with Crippen LogP contribution in [0.15, 0.2) is 22.9 Å². The van der Waals surface area contributed by atoms with Gasteiger partial charge in [0.05, 0.1) is 15.6 Å². The van der Waals surface area contributed by atoms with Crippen LogP contribution in [-0.2, 0) is 11.2 Å². The van der Waals surface area contributed by atoms with Gasteiger partial charge in [-0.15, -0.1) is 22.7 Å². The Hall–Kier alpha value is -1.73. The zero-order chi connectivity index (χ0) is 16.9. The fraction of sp³-hybridized carbons (Fsp3) is 0.471. The Bertz CT molecular complexity index is 689. The van der Waals surface area contributed by atoms with E-state index in [-0.39, 0.29) is 17.7 Å². The summed E-state index contributed by atoms with van der Waals surface area (Å²) in [7, 11) is 0. The van der Waals surface area contributed by atoms with Crippen molar-refractivity contribution in [1.29, 1.82) is 0 Å². The summed E-state index contributed by atoms with van der Waals surface area (Å²) >= 11 is 3.10. The van der Waals surface area contributed by atoms with Crippen LogP contribution in [0.3, 0.4) is 0 Å². The van der Waals surface area contributed by atoms with Crippen LogP contribution >= 0.6 is 22.7 Å². The number of nitrogens with one attached hydrogen (secondary N) is 1. The molecular weight excluding hydrogens is 342 g/mol. The number of hydrogen-bond acceptors (Lipinski definition) is 5. The number of rotatable bonds is 5. The highest BCUT2D eigenvalue weighted by molar-refractivity contribution is 7.12. The highest BCUT2D eigenvalue weighted by Gasteiger charge is 2.27. The molecule has 1 fully saturated rings. The summed E-state index contributed by atoms with van der Waals surface area (Å²) in [5.41, 5.74) is 1.04. The Morgan fingerprint density at radius 2 is 2.12 bits per heavy atom. The number of carbonyl (C=O) groups is 2. The highest BCUT2D eigenvalue weighted by Crippen LogP contribution is 2.21. The molecule has 0 aliphatic carbocycles. The number of aromatic nitrogens is 1. The van der Waals surface area contributed by atoms with Gasteiger partial charge < -0.3 is 10.2 Å². The van der Waals surface area contributed by atoms with E-state index in [1.807, 2.05) is 34.7 Å². The Kier molecular flexibility index (Phi) is 5.63. The van der Waals surface area contributed by atoms with E-state index < -0.39 is 0 Å². The molecule has 2 aromatic rings.